The Hall–Kier alpha value is -17.4. The fourth-order valence-electron chi connectivity index (χ4n) is 24.3. The molecule has 0 bridgehead atoms. The van der Waals surface area contributed by atoms with Gasteiger partial charge in [0.2, 0.25) is 0 Å². The standard InChI is InChI=1S/C53H36.2C45H32/c1-53(2)50-25-24-41(30-48(50)49-29-36-11-3-4-12-37(36)32-51(49)53)35-14-9-13-34(26-35)38-19-20-40-28-42(22-21-39(40)27-38)47-31-43-23-18-33-10-5-6-15-44(33)52(43)46-17-8-7-16-45(46)47;1-45(2)43-28-39(21-22-41(43)42-23-20-30-9-5-6-13-40(30)44(42)45)33-12-7-11-32(25-33)34-16-17-38-27-37(19-18-36(38)26-34)35-15-14-29-8-3-4-10-31(29)24-35;1-45(2)43-28-40(20-21-41(43)42-26-33-10-5-6-11-34(33)27-44(42)45)32-13-7-12-31(23-32)35-16-17-39-25-38(19-18-37(39)24-35)36-15-14-29-8-3-4-9-30(29)22-36/h3-32H,1-2H3;2*3-28H,1-2H3. The second-order valence-electron chi connectivity index (χ2n) is 41.4. The predicted molar refractivity (Wildman–Crippen MR) is 614 cm³/mol. The van der Waals surface area contributed by atoms with Crippen LogP contribution in [-0.2, 0) is 16.2 Å². The lowest BCUT2D eigenvalue weighted by Crippen LogP contribution is -2.15. The summed E-state index contributed by atoms with van der Waals surface area (Å²) in [4.78, 5) is 0. The number of fused-ring (bicyclic) bond motifs is 23. The molecule has 26 aromatic rings. The van der Waals surface area contributed by atoms with Gasteiger partial charge in [0.15, 0.2) is 0 Å². The molecule has 29 rings (SSSR count). The van der Waals surface area contributed by atoms with Crippen LogP contribution >= 0.6 is 0 Å². The third kappa shape index (κ3) is 14.6. The average Bonchev–Trinajstić information content (AvgIpc) is 1.44. The second kappa shape index (κ2) is 33.4. The van der Waals surface area contributed by atoms with Crippen molar-refractivity contribution in [2.24, 2.45) is 0 Å². The van der Waals surface area contributed by atoms with Crippen molar-refractivity contribution in [3.8, 4) is 134 Å². The van der Waals surface area contributed by atoms with Crippen LogP contribution < -0.4 is 0 Å². The predicted octanol–water partition coefficient (Wildman–Crippen LogP) is 39.7. The molecule has 0 amide bonds. The molecule has 143 heavy (non-hydrogen) atoms. The first-order valence-electron chi connectivity index (χ1n) is 50.3. The summed E-state index contributed by atoms with van der Waals surface area (Å²) < 4.78 is 0. The van der Waals surface area contributed by atoms with Gasteiger partial charge in [0.25, 0.3) is 0 Å². The van der Waals surface area contributed by atoms with E-state index >= 15 is 0 Å². The summed E-state index contributed by atoms with van der Waals surface area (Å²) in [6, 6.07) is 185. The highest BCUT2D eigenvalue weighted by molar-refractivity contribution is 6.24. The van der Waals surface area contributed by atoms with Crippen molar-refractivity contribution in [1.29, 1.82) is 0 Å². The first-order valence-corrected chi connectivity index (χ1v) is 50.3. The lowest BCUT2D eigenvalue weighted by atomic mass is 9.79. The van der Waals surface area contributed by atoms with Gasteiger partial charge < -0.3 is 0 Å². The molecule has 0 unspecified atom stereocenters. The van der Waals surface area contributed by atoms with Crippen LogP contribution in [0.25, 0.3) is 252 Å². The van der Waals surface area contributed by atoms with Crippen LogP contribution in [0.4, 0.5) is 0 Å². The molecular formula is C143H100. The first kappa shape index (κ1) is 84.8. The lowest BCUT2D eigenvalue weighted by molar-refractivity contribution is 0.661. The summed E-state index contributed by atoms with van der Waals surface area (Å²) in [7, 11) is 0. The Bertz CT molecular complexity index is 9810. The summed E-state index contributed by atoms with van der Waals surface area (Å²) in [5.41, 5.74) is 39.0. The fraction of sp³-hybridized carbons (Fsp3) is 0.0629. The zero-order chi connectivity index (χ0) is 95.5. The molecule has 0 radical (unpaired) electrons. The van der Waals surface area contributed by atoms with Gasteiger partial charge in [-0.25, -0.2) is 0 Å². The van der Waals surface area contributed by atoms with Crippen LogP contribution in [0.1, 0.15) is 74.9 Å². The fourth-order valence-corrected chi connectivity index (χ4v) is 24.3. The summed E-state index contributed by atoms with van der Waals surface area (Å²) in [5, 5.41) is 28.3. The average molecular weight is 1820 g/mol. The van der Waals surface area contributed by atoms with Crippen molar-refractivity contribution >= 4 is 118 Å². The SMILES string of the molecule is CC1(C)c2cc(-c3cccc(-c4ccc5cc(-c6ccc7ccccc7c6)ccc5c4)c3)ccc2-c2cc3ccccc3cc21.CC1(C)c2cc(-c3cccc(-c4ccc5cc(-c6ccc7ccccc7c6)ccc5c4)c3)ccc2-c2ccc3ccccc3c21.CC1(C)c2ccc(-c3cccc(-c4ccc5cc(-c6cc7ccc8ccccc8c7c7ccccc67)ccc5c4)c3)cc2-c2cc3ccccc3cc21. The van der Waals surface area contributed by atoms with Gasteiger partial charge in [-0.05, 0) is 401 Å². The van der Waals surface area contributed by atoms with E-state index in [2.05, 4.69) is 539 Å². The smallest absolute Gasteiger partial charge is 0.0165 e. The van der Waals surface area contributed by atoms with Crippen molar-refractivity contribution < 1.29 is 0 Å². The maximum atomic E-state index is 2.43. The van der Waals surface area contributed by atoms with Crippen molar-refractivity contribution in [3.63, 3.8) is 0 Å². The summed E-state index contributed by atoms with van der Waals surface area (Å²) >= 11 is 0. The van der Waals surface area contributed by atoms with E-state index in [1.54, 1.807) is 0 Å². The van der Waals surface area contributed by atoms with Gasteiger partial charge in [0, 0.05) is 16.2 Å². The number of benzene rings is 26. The molecule has 0 saturated heterocycles. The van der Waals surface area contributed by atoms with Gasteiger partial charge in [0.05, 0.1) is 0 Å². The van der Waals surface area contributed by atoms with Crippen LogP contribution in [0.5, 0.6) is 0 Å². The highest BCUT2D eigenvalue weighted by atomic mass is 14.4. The molecule has 26 aromatic carbocycles. The van der Waals surface area contributed by atoms with Gasteiger partial charge in [-0.15, -0.1) is 0 Å². The van der Waals surface area contributed by atoms with Gasteiger partial charge in [0.1, 0.15) is 0 Å². The number of rotatable bonds is 9. The Balaban J connectivity index is 0.000000108. The molecule has 672 valence electrons. The zero-order valence-electron chi connectivity index (χ0n) is 80.8. The molecule has 0 heterocycles. The molecule has 3 aliphatic rings. The molecule has 0 heteroatoms. The number of hydrogen-bond acceptors (Lipinski definition) is 0. The normalized spacial score (nSPS) is 13.3. The van der Waals surface area contributed by atoms with E-state index in [0.717, 1.165) is 0 Å². The van der Waals surface area contributed by atoms with Crippen LogP contribution in [0.15, 0.2) is 497 Å². The van der Waals surface area contributed by atoms with E-state index < -0.39 is 0 Å². The van der Waals surface area contributed by atoms with Crippen molar-refractivity contribution in [2.45, 2.75) is 57.8 Å². The minimum atomic E-state index is -0.0663. The van der Waals surface area contributed by atoms with Crippen LogP contribution in [0.2, 0.25) is 0 Å². The largest absolute Gasteiger partial charge is 0.0616 e. The van der Waals surface area contributed by atoms with Crippen LogP contribution in [0.3, 0.4) is 0 Å². The summed E-state index contributed by atoms with van der Waals surface area (Å²) in [6.45, 7) is 14.2. The number of hydrogen-bond donors (Lipinski definition) is 0. The second-order valence-corrected chi connectivity index (χ2v) is 41.4. The maximum absolute atomic E-state index is 2.43. The molecule has 0 aliphatic heterocycles. The molecule has 0 N–H and O–H groups in total. The molecule has 3 aliphatic carbocycles. The summed E-state index contributed by atoms with van der Waals surface area (Å²) in [5.74, 6) is 0. The molecule has 0 aromatic heterocycles. The van der Waals surface area contributed by atoms with E-state index in [4.69, 9.17) is 0 Å². The van der Waals surface area contributed by atoms with Crippen molar-refractivity contribution in [3.05, 3.63) is 531 Å². The van der Waals surface area contributed by atoms with Crippen LogP contribution in [-0.4, -0.2) is 0 Å². The highest BCUT2D eigenvalue weighted by Crippen LogP contribution is 2.56. The van der Waals surface area contributed by atoms with Gasteiger partial charge in [-0.3, -0.25) is 0 Å². The third-order valence-corrected chi connectivity index (χ3v) is 32.0. The Labute approximate surface area is 834 Å². The highest BCUT2D eigenvalue weighted by Gasteiger charge is 2.40. The van der Waals surface area contributed by atoms with E-state index in [1.807, 2.05) is 0 Å². The lowest BCUT2D eigenvalue weighted by Gasteiger charge is -2.23. The topological polar surface area (TPSA) is 0 Å². The van der Waals surface area contributed by atoms with E-state index in [9.17, 15) is 0 Å². The molecule has 0 saturated carbocycles. The van der Waals surface area contributed by atoms with Crippen LogP contribution in [0, 0.1) is 0 Å². The molecule has 0 spiro atoms. The molecular weight excluding hydrogens is 1720 g/mol. The maximum Gasteiger partial charge on any atom is 0.0165 e. The minimum absolute atomic E-state index is 0.0314. The molecule has 0 fully saturated rings. The first-order chi connectivity index (χ1) is 70.0. The quantitative estimate of drug-likeness (QED) is 0.126. The zero-order valence-corrected chi connectivity index (χ0v) is 80.8. The van der Waals surface area contributed by atoms with Gasteiger partial charge in [-0.1, -0.05) is 424 Å². The van der Waals surface area contributed by atoms with Crippen molar-refractivity contribution in [1.82, 2.24) is 0 Å². The van der Waals surface area contributed by atoms with E-state index in [-0.39, 0.29) is 16.2 Å². The van der Waals surface area contributed by atoms with E-state index in [1.165, 1.54) is 285 Å². The third-order valence-electron chi connectivity index (χ3n) is 32.0. The molecule has 0 atom stereocenters. The van der Waals surface area contributed by atoms with Crippen molar-refractivity contribution in [2.75, 3.05) is 0 Å². The van der Waals surface area contributed by atoms with E-state index in [0.29, 0.717) is 0 Å². The Morgan fingerprint density at radius 3 is 0.804 bits per heavy atom. The summed E-state index contributed by atoms with van der Waals surface area (Å²) in [6.07, 6.45) is 0. The Kier molecular flexibility index (Phi) is 19.8. The van der Waals surface area contributed by atoms with Gasteiger partial charge >= 0.3 is 0 Å². The Morgan fingerprint density at radius 1 is 0.112 bits per heavy atom. The minimum Gasteiger partial charge on any atom is -0.0616 e. The molecule has 0 nitrogen and oxygen atoms in total. The van der Waals surface area contributed by atoms with Gasteiger partial charge in [-0.2, -0.15) is 0 Å². The Morgan fingerprint density at radius 2 is 0.357 bits per heavy atom. The monoisotopic (exact) mass is 1820 g/mol.